The molecule has 5 nitrogen and oxygen atoms in total. The Balaban J connectivity index is 2.43. The summed E-state index contributed by atoms with van der Waals surface area (Å²) in [4.78, 5) is 13.9. The number of hydrogen-bond donors (Lipinski definition) is 4. The van der Waals surface area contributed by atoms with E-state index in [0.29, 0.717) is 6.42 Å². The zero-order chi connectivity index (χ0) is 12.4. The SMILES string of the molecule is N[C@H](CO)Cc1c[nH]c2ccc(C(=O)O)cc12. The average molecular weight is 234 g/mol. The summed E-state index contributed by atoms with van der Waals surface area (Å²) in [5.41, 5.74) is 7.71. The van der Waals surface area contributed by atoms with Crippen molar-refractivity contribution < 1.29 is 15.0 Å². The van der Waals surface area contributed by atoms with Gasteiger partial charge in [0.25, 0.3) is 0 Å². The first-order valence-corrected chi connectivity index (χ1v) is 5.31. The van der Waals surface area contributed by atoms with Crippen LogP contribution in [0.3, 0.4) is 0 Å². The number of aromatic carboxylic acids is 1. The van der Waals surface area contributed by atoms with Gasteiger partial charge in [-0.25, -0.2) is 4.79 Å². The molecule has 1 aromatic heterocycles. The van der Waals surface area contributed by atoms with Crippen LogP contribution < -0.4 is 5.73 Å². The predicted molar refractivity (Wildman–Crippen MR) is 64.0 cm³/mol. The fourth-order valence-electron chi connectivity index (χ4n) is 1.83. The summed E-state index contributed by atoms with van der Waals surface area (Å²) in [5, 5.41) is 18.7. The summed E-state index contributed by atoms with van der Waals surface area (Å²) in [6.45, 7) is -0.0920. The van der Waals surface area contributed by atoms with Gasteiger partial charge in [-0.1, -0.05) is 0 Å². The minimum absolute atomic E-state index is 0.0920. The van der Waals surface area contributed by atoms with E-state index in [1.807, 2.05) is 0 Å². The van der Waals surface area contributed by atoms with E-state index in [0.717, 1.165) is 16.5 Å². The summed E-state index contributed by atoms with van der Waals surface area (Å²) < 4.78 is 0. The molecule has 0 fully saturated rings. The maximum Gasteiger partial charge on any atom is 0.335 e. The number of carbonyl (C=O) groups is 1. The van der Waals surface area contributed by atoms with Crippen molar-refractivity contribution >= 4 is 16.9 Å². The number of fused-ring (bicyclic) bond motifs is 1. The van der Waals surface area contributed by atoms with E-state index in [1.54, 1.807) is 24.4 Å². The van der Waals surface area contributed by atoms with Gasteiger partial charge < -0.3 is 20.9 Å². The molecule has 0 bridgehead atoms. The van der Waals surface area contributed by atoms with Crippen molar-refractivity contribution in [3.8, 4) is 0 Å². The Kier molecular flexibility index (Phi) is 3.12. The van der Waals surface area contributed by atoms with E-state index < -0.39 is 5.97 Å². The third kappa shape index (κ3) is 2.30. The van der Waals surface area contributed by atoms with Gasteiger partial charge in [0.2, 0.25) is 0 Å². The molecule has 0 saturated carbocycles. The quantitative estimate of drug-likeness (QED) is 0.626. The molecule has 0 saturated heterocycles. The van der Waals surface area contributed by atoms with E-state index in [2.05, 4.69) is 4.98 Å². The van der Waals surface area contributed by atoms with E-state index in [4.69, 9.17) is 15.9 Å². The number of nitrogens with one attached hydrogen (secondary N) is 1. The highest BCUT2D eigenvalue weighted by Gasteiger charge is 2.10. The van der Waals surface area contributed by atoms with Gasteiger partial charge in [0.05, 0.1) is 12.2 Å². The molecule has 17 heavy (non-hydrogen) atoms. The van der Waals surface area contributed by atoms with Crippen LogP contribution in [0.4, 0.5) is 0 Å². The number of aliphatic hydroxyl groups is 1. The minimum Gasteiger partial charge on any atom is -0.478 e. The fourth-order valence-corrected chi connectivity index (χ4v) is 1.83. The normalized spacial score (nSPS) is 12.8. The fraction of sp³-hybridized carbons (Fsp3) is 0.250. The zero-order valence-corrected chi connectivity index (χ0v) is 9.18. The molecular formula is C12H14N2O3. The lowest BCUT2D eigenvalue weighted by atomic mass is 10.0. The Morgan fingerprint density at radius 1 is 1.47 bits per heavy atom. The van der Waals surface area contributed by atoms with Crippen molar-refractivity contribution in [3.63, 3.8) is 0 Å². The van der Waals surface area contributed by atoms with Crippen LogP contribution in [-0.4, -0.2) is 33.8 Å². The number of aliphatic hydroxyl groups excluding tert-OH is 1. The summed E-state index contributed by atoms with van der Waals surface area (Å²) in [7, 11) is 0. The first kappa shape index (κ1) is 11.6. The monoisotopic (exact) mass is 234 g/mol. The molecule has 5 heteroatoms. The molecule has 1 aromatic carbocycles. The Labute approximate surface area is 97.9 Å². The number of aromatic nitrogens is 1. The van der Waals surface area contributed by atoms with Gasteiger partial charge in [0, 0.05) is 23.1 Å². The van der Waals surface area contributed by atoms with Gasteiger partial charge in [0.15, 0.2) is 0 Å². The Morgan fingerprint density at radius 2 is 2.24 bits per heavy atom. The van der Waals surface area contributed by atoms with Crippen molar-refractivity contribution in [1.29, 1.82) is 0 Å². The molecule has 0 spiro atoms. The van der Waals surface area contributed by atoms with Gasteiger partial charge in [0.1, 0.15) is 0 Å². The van der Waals surface area contributed by atoms with Crippen molar-refractivity contribution in [2.75, 3.05) is 6.61 Å². The third-order valence-corrected chi connectivity index (χ3v) is 2.73. The molecule has 90 valence electrons. The van der Waals surface area contributed by atoms with Gasteiger partial charge in [-0.15, -0.1) is 0 Å². The number of nitrogens with two attached hydrogens (primary N) is 1. The van der Waals surface area contributed by atoms with E-state index in [1.165, 1.54) is 0 Å². The van der Waals surface area contributed by atoms with Crippen LogP contribution in [0.1, 0.15) is 15.9 Å². The molecule has 0 radical (unpaired) electrons. The van der Waals surface area contributed by atoms with Crippen LogP contribution in [-0.2, 0) is 6.42 Å². The lowest BCUT2D eigenvalue weighted by molar-refractivity contribution is 0.0697. The summed E-state index contributed by atoms with van der Waals surface area (Å²) in [6.07, 6.45) is 2.31. The standard InChI is InChI=1S/C12H14N2O3/c13-9(6-15)3-8-5-14-11-2-1-7(12(16)17)4-10(8)11/h1-2,4-5,9,14-15H,3,6,13H2,(H,16,17)/t9-/m0/s1. The van der Waals surface area contributed by atoms with E-state index in [9.17, 15) is 4.79 Å². The number of benzene rings is 1. The smallest absolute Gasteiger partial charge is 0.335 e. The number of aromatic amines is 1. The number of carboxylic acids is 1. The maximum atomic E-state index is 10.9. The van der Waals surface area contributed by atoms with Crippen LogP contribution in [0, 0.1) is 0 Å². The number of rotatable bonds is 4. The molecule has 0 amide bonds. The molecule has 5 N–H and O–H groups in total. The third-order valence-electron chi connectivity index (χ3n) is 2.73. The maximum absolute atomic E-state index is 10.9. The van der Waals surface area contributed by atoms with Crippen molar-refractivity contribution in [2.24, 2.45) is 5.73 Å². The molecule has 2 aromatic rings. The second-order valence-electron chi connectivity index (χ2n) is 4.03. The van der Waals surface area contributed by atoms with Crippen LogP contribution in [0.25, 0.3) is 10.9 Å². The summed E-state index contributed by atoms with van der Waals surface area (Å²) >= 11 is 0. The zero-order valence-electron chi connectivity index (χ0n) is 9.18. The van der Waals surface area contributed by atoms with Crippen LogP contribution in [0.15, 0.2) is 24.4 Å². The molecule has 1 atom stereocenters. The van der Waals surface area contributed by atoms with Gasteiger partial charge in [-0.2, -0.15) is 0 Å². The minimum atomic E-state index is -0.953. The molecule has 1 heterocycles. The number of carboxylic acid groups (broad SMARTS) is 1. The topological polar surface area (TPSA) is 99.3 Å². The lowest BCUT2D eigenvalue weighted by Crippen LogP contribution is -2.26. The van der Waals surface area contributed by atoms with Crippen LogP contribution >= 0.6 is 0 Å². The molecule has 2 rings (SSSR count). The van der Waals surface area contributed by atoms with E-state index >= 15 is 0 Å². The largest absolute Gasteiger partial charge is 0.478 e. The van der Waals surface area contributed by atoms with Crippen LogP contribution in [0.2, 0.25) is 0 Å². The first-order chi connectivity index (χ1) is 8.11. The number of hydrogen-bond acceptors (Lipinski definition) is 3. The van der Waals surface area contributed by atoms with Gasteiger partial charge >= 0.3 is 5.97 Å². The highest BCUT2D eigenvalue weighted by atomic mass is 16.4. The Bertz CT molecular complexity index is 548. The highest BCUT2D eigenvalue weighted by molar-refractivity contribution is 5.94. The van der Waals surface area contributed by atoms with Gasteiger partial charge in [-0.05, 0) is 30.2 Å². The Hall–Kier alpha value is -1.85. The summed E-state index contributed by atoms with van der Waals surface area (Å²) in [6, 6.07) is 4.57. The van der Waals surface area contributed by atoms with E-state index in [-0.39, 0.29) is 18.2 Å². The van der Waals surface area contributed by atoms with Crippen molar-refractivity contribution in [2.45, 2.75) is 12.5 Å². The lowest BCUT2D eigenvalue weighted by Gasteiger charge is -2.06. The highest BCUT2D eigenvalue weighted by Crippen LogP contribution is 2.21. The molecular weight excluding hydrogens is 220 g/mol. The van der Waals surface area contributed by atoms with Crippen molar-refractivity contribution in [1.82, 2.24) is 4.98 Å². The number of H-pyrrole nitrogens is 1. The average Bonchev–Trinajstić information content (AvgIpc) is 2.71. The predicted octanol–water partition coefficient (Wildman–Crippen LogP) is 0.728. The summed E-state index contributed by atoms with van der Waals surface area (Å²) in [5.74, 6) is -0.953. The van der Waals surface area contributed by atoms with Crippen molar-refractivity contribution in [3.05, 3.63) is 35.5 Å². The molecule has 0 unspecified atom stereocenters. The first-order valence-electron chi connectivity index (χ1n) is 5.31. The van der Waals surface area contributed by atoms with Gasteiger partial charge in [-0.3, -0.25) is 0 Å². The molecule has 0 aliphatic heterocycles. The molecule has 0 aliphatic carbocycles. The Morgan fingerprint density at radius 3 is 2.88 bits per heavy atom. The van der Waals surface area contributed by atoms with Crippen LogP contribution in [0.5, 0.6) is 0 Å². The second-order valence-corrected chi connectivity index (χ2v) is 4.03. The molecule has 0 aliphatic rings. The second kappa shape index (κ2) is 4.57.